The Balaban J connectivity index is 2.25. The summed E-state index contributed by atoms with van der Waals surface area (Å²) < 4.78 is 10.2. The molecule has 1 aromatic carbocycles. The van der Waals surface area contributed by atoms with Crippen molar-refractivity contribution in [1.82, 2.24) is 10.6 Å². The molecule has 0 aliphatic heterocycles. The van der Waals surface area contributed by atoms with Gasteiger partial charge in [0.05, 0.1) is 13.2 Å². The van der Waals surface area contributed by atoms with Gasteiger partial charge in [0, 0.05) is 32.3 Å². The van der Waals surface area contributed by atoms with Crippen molar-refractivity contribution in [2.24, 2.45) is 0 Å². The van der Waals surface area contributed by atoms with Gasteiger partial charge in [-0.1, -0.05) is 0 Å². The molecule has 106 valence electrons. The summed E-state index contributed by atoms with van der Waals surface area (Å²) >= 11 is 0. The Morgan fingerprint density at radius 1 is 1.16 bits per heavy atom. The molecule has 0 spiro atoms. The highest BCUT2D eigenvalue weighted by molar-refractivity contribution is 5.94. The number of nitrogens with one attached hydrogen (secondary N) is 2. The standard InChI is InChI=1S/C14H22N2O3/c1-3-19-13-6-4-12(5-7-13)14(17)16-9-8-15-10-11-18-2/h4-7,15H,3,8-11H2,1-2H3,(H,16,17). The van der Waals surface area contributed by atoms with Crippen molar-refractivity contribution in [1.29, 1.82) is 0 Å². The summed E-state index contributed by atoms with van der Waals surface area (Å²) in [5.41, 5.74) is 0.639. The third-order valence-corrected chi connectivity index (χ3v) is 2.50. The molecule has 2 N–H and O–H groups in total. The Bertz CT molecular complexity index is 365. The molecule has 0 atom stereocenters. The van der Waals surface area contributed by atoms with Crippen LogP contribution in [0.4, 0.5) is 0 Å². The highest BCUT2D eigenvalue weighted by Crippen LogP contribution is 2.11. The van der Waals surface area contributed by atoms with Crippen LogP contribution in [-0.4, -0.2) is 45.9 Å². The molecule has 0 aromatic heterocycles. The van der Waals surface area contributed by atoms with Crippen molar-refractivity contribution in [3.8, 4) is 5.75 Å². The van der Waals surface area contributed by atoms with Crippen molar-refractivity contribution in [2.45, 2.75) is 6.92 Å². The van der Waals surface area contributed by atoms with Crippen LogP contribution in [0.1, 0.15) is 17.3 Å². The number of carbonyl (C=O) groups is 1. The average molecular weight is 266 g/mol. The Labute approximate surface area is 114 Å². The van der Waals surface area contributed by atoms with E-state index in [-0.39, 0.29) is 5.91 Å². The lowest BCUT2D eigenvalue weighted by Gasteiger charge is -2.07. The molecule has 0 bridgehead atoms. The van der Waals surface area contributed by atoms with Crippen molar-refractivity contribution in [2.75, 3.05) is 40.0 Å². The van der Waals surface area contributed by atoms with Gasteiger partial charge >= 0.3 is 0 Å². The number of hydrogen-bond acceptors (Lipinski definition) is 4. The Kier molecular flexibility index (Phi) is 7.62. The van der Waals surface area contributed by atoms with E-state index in [9.17, 15) is 4.79 Å². The van der Waals surface area contributed by atoms with Gasteiger partial charge in [0.2, 0.25) is 0 Å². The van der Waals surface area contributed by atoms with Crippen LogP contribution in [0.3, 0.4) is 0 Å². The average Bonchev–Trinajstić information content (AvgIpc) is 2.43. The summed E-state index contributed by atoms with van der Waals surface area (Å²) in [6, 6.07) is 7.13. The molecular weight excluding hydrogens is 244 g/mol. The van der Waals surface area contributed by atoms with Gasteiger partial charge in [-0.3, -0.25) is 4.79 Å². The van der Waals surface area contributed by atoms with Crippen molar-refractivity contribution in [3.05, 3.63) is 29.8 Å². The topological polar surface area (TPSA) is 59.6 Å². The zero-order valence-corrected chi connectivity index (χ0v) is 11.6. The lowest BCUT2D eigenvalue weighted by molar-refractivity contribution is 0.0953. The van der Waals surface area contributed by atoms with E-state index in [1.165, 1.54) is 0 Å². The third kappa shape index (κ3) is 6.22. The fraction of sp³-hybridized carbons (Fsp3) is 0.500. The summed E-state index contributed by atoms with van der Waals surface area (Å²) in [4.78, 5) is 11.8. The first kappa shape index (κ1) is 15.5. The molecule has 5 heteroatoms. The van der Waals surface area contributed by atoms with Crippen LogP contribution in [0.25, 0.3) is 0 Å². The minimum absolute atomic E-state index is 0.0726. The van der Waals surface area contributed by atoms with Crippen molar-refractivity contribution < 1.29 is 14.3 Å². The summed E-state index contributed by atoms with van der Waals surface area (Å²) in [6.07, 6.45) is 0. The lowest BCUT2D eigenvalue weighted by Crippen LogP contribution is -2.33. The second-order valence-corrected chi connectivity index (χ2v) is 3.96. The summed E-state index contributed by atoms with van der Waals surface area (Å²) in [7, 11) is 1.66. The van der Waals surface area contributed by atoms with E-state index in [1.54, 1.807) is 31.4 Å². The van der Waals surface area contributed by atoms with Gasteiger partial charge in [-0.25, -0.2) is 0 Å². The minimum atomic E-state index is -0.0726. The summed E-state index contributed by atoms with van der Waals surface area (Å²) in [6.45, 7) is 5.33. The van der Waals surface area contributed by atoms with Crippen LogP contribution in [0.2, 0.25) is 0 Å². The quantitative estimate of drug-likeness (QED) is 0.656. The molecule has 0 saturated carbocycles. The van der Waals surface area contributed by atoms with Crippen LogP contribution < -0.4 is 15.4 Å². The summed E-state index contributed by atoms with van der Waals surface area (Å²) in [5, 5.41) is 6.00. The monoisotopic (exact) mass is 266 g/mol. The number of carbonyl (C=O) groups excluding carboxylic acids is 1. The van der Waals surface area contributed by atoms with E-state index in [0.29, 0.717) is 25.3 Å². The number of hydrogen-bond donors (Lipinski definition) is 2. The lowest BCUT2D eigenvalue weighted by atomic mass is 10.2. The SMILES string of the molecule is CCOc1ccc(C(=O)NCCNCCOC)cc1. The van der Waals surface area contributed by atoms with Gasteiger partial charge in [-0.05, 0) is 31.2 Å². The van der Waals surface area contributed by atoms with Crippen LogP contribution in [0, 0.1) is 0 Å². The Hall–Kier alpha value is -1.59. The molecule has 19 heavy (non-hydrogen) atoms. The number of methoxy groups -OCH3 is 1. The predicted octanol–water partition coefficient (Wildman–Crippen LogP) is 1.05. The van der Waals surface area contributed by atoms with E-state index in [0.717, 1.165) is 18.8 Å². The van der Waals surface area contributed by atoms with E-state index in [2.05, 4.69) is 10.6 Å². The highest BCUT2D eigenvalue weighted by atomic mass is 16.5. The Morgan fingerprint density at radius 2 is 1.89 bits per heavy atom. The maximum atomic E-state index is 11.8. The van der Waals surface area contributed by atoms with Gasteiger partial charge in [0.25, 0.3) is 5.91 Å². The first-order chi connectivity index (χ1) is 9.27. The van der Waals surface area contributed by atoms with Crippen molar-refractivity contribution >= 4 is 5.91 Å². The van der Waals surface area contributed by atoms with Gasteiger partial charge in [0.15, 0.2) is 0 Å². The molecule has 5 nitrogen and oxygen atoms in total. The fourth-order valence-corrected chi connectivity index (χ4v) is 1.53. The molecule has 1 amide bonds. The first-order valence-electron chi connectivity index (χ1n) is 6.48. The molecular formula is C14H22N2O3. The fourth-order valence-electron chi connectivity index (χ4n) is 1.53. The maximum Gasteiger partial charge on any atom is 0.251 e. The minimum Gasteiger partial charge on any atom is -0.494 e. The van der Waals surface area contributed by atoms with Crippen LogP contribution >= 0.6 is 0 Å². The molecule has 0 aliphatic rings. The smallest absolute Gasteiger partial charge is 0.251 e. The van der Waals surface area contributed by atoms with Gasteiger partial charge in [-0.2, -0.15) is 0 Å². The second-order valence-electron chi connectivity index (χ2n) is 3.96. The molecule has 1 rings (SSSR count). The van der Waals surface area contributed by atoms with Gasteiger partial charge in [0.1, 0.15) is 5.75 Å². The Morgan fingerprint density at radius 3 is 2.53 bits per heavy atom. The molecule has 0 unspecified atom stereocenters. The number of benzene rings is 1. The van der Waals surface area contributed by atoms with Crippen LogP contribution in [0.5, 0.6) is 5.75 Å². The second kappa shape index (κ2) is 9.35. The van der Waals surface area contributed by atoms with E-state index in [4.69, 9.17) is 9.47 Å². The third-order valence-electron chi connectivity index (χ3n) is 2.50. The van der Waals surface area contributed by atoms with Crippen LogP contribution in [0.15, 0.2) is 24.3 Å². The van der Waals surface area contributed by atoms with Crippen molar-refractivity contribution in [3.63, 3.8) is 0 Å². The van der Waals surface area contributed by atoms with E-state index >= 15 is 0 Å². The number of amides is 1. The van der Waals surface area contributed by atoms with E-state index in [1.807, 2.05) is 6.92 Å². The highest BCUT2D eigenvalue weighted by Gasteiger charge is 2.04. The zero-order chi connectivity index (χ0) is 13.9. The largest absolute Gasteiger partial charge is 0.494 e. The molecule has 0 heterocycles. The first-order valence-corrected chi connectivity index (χ1v) is 6.48. The van der Waals surface area contributed by atoms with Gasteiger partial charge < -0.3 is 20.1 Å². The molecule has 1 aromatic rings. The number of rotatable bonds is 9. The van der Waals surface area contributed by atoms with E-state index < -0.39 is 0 Å². The molecule has 0 aliphatic carbocycles. The van der Waals surface area contributed by atoms with Gasteiger partial charge in [-0.15, -0.1) is 0 Å². The molecule has 0 saturated heterocycles. The normalized spacial score (nSPS) is 10.2. The summed E-state index contributed by atoms with van der Waals surface area (Å²) in [5.74, 6) is 0.705. The molecule has 0 radical (unpaired) electrons. The molecule has 0 fully saturated rings. The number of ether oxygens (including phenoxy) is 2. The zero-order valence-electron chi connectivity index (χ0n) is 11.6. The maximum absolute atomic E-state index is 11.8. The van der Waals surface area contributed by atoms with Crippen LogP contribution in [-0.2, 0) is 4.74 Å². The predicted molar refractivity (Wildman–Crippen MR) is 74.7 cm³/mol.